The predicted molar refractivity (Wildman–Crippen MR) is 76.9 cm³/mol. The summed E-state index contributed by atoms with van der Waals surface area (Å²) in [6.07, 6.45) is 1.91. The number of para-hydroxylation sites is 1. The molecule has 18 heavy (non-hydrogen) atoms. The Hall–Kier alpha value is -2.00. The Bertz CT molecular complexity index is 661. The molecule has 1 aliphatic rings. The van der Waals surface area contributed by atoms with E-state index in [2.05, 4.69) is 5.32 Å². The molecule has 2 aromatic rings. The maximum absolute atomic E-state index is 13.2. The van der Waals surface area contributed by atoms with Crippen molar-refractivity contribution in [3.63, 3.8) is 0 Å². The zero-order chi connectivity index (χ0) is 12.5. The maximum Gasteiger partial charge on any atom is 0.123 e. The number of rotatable bonds is 1. The topological polar surface area (TPSA) is 12.0 Å². The highest BCUT2D eigenvalue weighted by atomic mass is 32.1. The molecular weight excluding hydrogens is 245 g/mol. The van der Waals surface area contributed by atoms with Gasteiger partial charge in [-0.2, -0.15) is 0 Å². The van der Waals surface area contributed by atoms with Gasteiger partial charge < -0.3 is 5.32 Å². The Morgan fingerprint density at radius 3 is 2.72 bits per heavy atom. The minimum Gasteiger partial charge on any atom is -0.346 e. The van der Waals surface area contributed by atoms with E-state index in [0.29, 0.717) is 4.99 Å². The molecule has 0 saturated carbocycles. The number of anilines is 1. The van der Waals surface area contributed by atoms with Crippen LogP contribution in [0, 0.1) is 5.82 Å². The monoisotopic (exact) mass is 255 g/mol. The molecule has 0 atom stereocenters. The number of thiocarbonyl (C=S) groups is 1. The van der Waals surface area contributed by atoms with Gasteiger partial charge in [-0.15, -0.1) is 0 Å². The second-order valence-electron chi connectivity index (χ2n) is 4.11. The molecule has 0 aromatic heterocycles. The molecule has 0 spiro atoms. The molecule has 1 N–H and O–H groups in total. The molecule has 1 aliphatic heterocycles. The second-order valence-corrected chi connectivity index (χ2v) is 4.52. The van der Waals surface area contributed by atoms with E-state index < -0.39 is 0 Å². The highest BCUT2D eigenvalue weighted by molar-refractivity contribution is 7.81. The summed E-state index contributed by atoms with van der Waals surface area (Å²) in [6, 6.07) is 14.4. The van der Waals surface area contributed by atoms with Gasteiger partial charge in [0.05, 0.1) is 0 Å². The van der Waals surface area contributed by atoms with Crippen LogP contribution in [0.4, 0.5) is 10.1 Å². The Morgan fingerprint density at radius 1 is 1.06 bits per heavy atom. The first-order valence-electron chi connectivity index (χ1n) is 5.62. The van der Waals surface area contributed by atoms with Crippen LogP contribution in [-0.2, 0) is 0 Å². The van der Waals surface area contributed by atoms with Crippen LogP contribution in [0.1, 0.15) is 11.1 Å². The Labute approximate surface area is 110 Å². The SMILES string of the molecule is Fc1cccc(/C=C2\C(=S)Nc3ccccc32)c1. The van der Waals surface area contributed by atoms with E-state index >= 15 is 0 Å². The highest BCUT2D eigenvalue weighted by Crippen LogP contribution is 2.33. The van der Waals surface area contributed by atoms with Crippen molar-refractivity contribution in [2.24, 2.45) is 0 Å². The van der Waals surface area contributed by atoms with Gasteiger partial charge in [-0.25, -0.2) is 4.39 Å². The second kappa shape index (κ2) is 4.35. The lowest BCUT2D eigenvalue weighted by atomic mass is 10.0. The number of nitrogens with one attached hydrogen (secondary N) is 1. The van der Waals surface area contributed by atoms with Gasteiger partial charge in [-0.05, 0) is 29.8 Å². The van der Waals surface area contributed by atoms with Crippen LogP contribution in [0.5, 0.6) is 0 Å². The Kier molecular flexibility index (Phi) is 2.68. The fraction of sp³-hybridized carbons (Fsp3) is 0. The van der Waals surface area contributed by atoms with Crippen molar-refractivity contribution in [1.29, 1.82) is 0 Å². The quantitative estimate of drug-likeness (QED) is 0.607. The van der Waals surface area contributed by atoms with Crippen molar-refractivity contribution < 1.29 is 4.39 Å². The van der Waals surface area contributed by atoms with E-state index in [1.807, 2.05) is 36.4 Å². The summed E-state index contributed by atoms with van der Waals surface area (Å²) < 4.78 is 13.2. The number of fused-ring (bicyclic) bond motifs is 1. The van der Waals surface area contributed by atoms with Crippen LogP contribution in [-0.4, -0.2) is 4.99 Å². The van der Waals surface area contributed by atoms with Crippen molar-refractivity contribution >= 4 is 34.5 Å². The van der Waals surface area contributed by atoms with Crippen LogP contribution < -0.4 is 5.32 Å². The molecule has 1 nitrogen and oxygen atoms in total. The van der Waals surface area contributed by atoms with Crippen LogP contribution in [0.25, 0.3) is 11.6 Å². The molecule has 3 heteroatoms. The summed E-state index contributed by atoms with van der Waals surface area (Å²) in [5.41, 5.74) is 3.81. The molecular formula is C15H10FNS. The lowest BCUT2D eigenvalue weighted by Crippen LogP contribution is -2.00. The van der Waals surface area contributed by atoms with E-state index in [1.165, 1.54) is 12.1 Å². The third-order valence-corrected chi connectivity index (χ3v) is 3.19. The van der Waals surface area contributed by atoms with E-state index in [1.54, 1.807) is 6.07 Å². The van der Waals surface area contributed by atoms with Gasteiger partial charge in [0, 0.05) is 16.8 Å². The predicted octanol–water partition coefficient (Wildman–Crippen LogP) is 4.12. The minimum absolute atomic E-state index is 0.241. The fourth-order valence-electron chi connectivity index (χ4n) is 2.05. The summed E-state index contributed by atoms with van der Waals surface area (Å²) in [6.45, 7) is 0. The number of hydrogen-bond donors (Lipinski definition) is 1. The van der Waals surface area contributed by atoms with Crippen molar-refractivity contribution in [3.05, 3.63) is 65.5 Å². The molecule has 0 unspecified atom stereocenters. The van der Waals surface area contributed by atoms with Gasteiger partial charge in [-0.1, -0.05) is 42.5 Å². The smallest absolute Gasteiger partial charge is 0.123 e. The average Bonchev–Trinajstić information content (AvgIpc) is 2.66. The van der Waals surface area contributed by atoms with Crippen molar-refractivity contribution in [3.8, 4) is 0 Å². The van der Waals surface area contributed by atoms with Crippen LogP contribution in [0.2, 0.25) is 0 Å². The first kappa shape index (κ1) is 11.1. The van der Waals surface area contributed by atoms with E-state index in [-0.39, 0.29) is 5.82 Å². The zero-order valence-corrected chi connectivity index (χ0v) is 10.3. The molecule has 88 valence electrons. The summed E-state index contributed by atoms with van der Waals surface area (Å²) in [4.78, 5) is 0.681. The summed E-state index contributed by atoms with van der Waals surface area (Å²) in [5, 5.41) is 3.15. The Balaban J connectivity index is 2.10. The maximum atomic E-state index is 13.2. The van der Waals surface area contributed by atoms with Gasteiger partial charge in [0.25, 0.3) is 0 Å². The van der Waals surface area contributed by atoms with E-state index in [4.69, 9.17) is 12.2 Å². The first-order valence-corrected chi connectivity index (χ1v) is 6.03. The molecule has 0 radical (unpaired) electrons. The molecule has 1 heterocycles. The lowest BCUT2D eigenvalue weighted by Gasteiger charge is -1.99. The van der Waals surface area contributed by atoms with E-state index in [0.717, 1.165) is 22.4 Å². The molecule has 3 rings (SSSR count). The van der Waals surface area contributed by atoms with E-state index in [9.17, 15) is 4.39 Å². The molecule has 0 fully saturated rings. The Morgan fingerprint density at radius 2 is 1.89 bits per heavy atom. The third-order valence-electron chi connectivity index (χ3n) is 2.87. The molecule has 2 aromatic carbocycles. The van der Waals surface area contributed by atoms with Gasteiger partial charge in [0.15, 0.2) is 0 Å². The van der Waals surface area contributed by atoms with Crippen LogP contribution in [0.15, 0.2) is 48.5 Å². The molecule has 0 aliphatic carbocycles. The average molecular weight is 255 g/mol. The van der Waals surface area contributed by atoms with Crippen molar-refractivity contribution in [2.45, 2.75) is 0 Å². The third kappa shape index (κ3) is 1.93. The normalized spacial score (nSPS) is 15.6. The fourth-order valence-corrected chi connectivity index (χ4v) is 2.32. The molecule has 0 bridgehead atoms. The first-order chi connectivity index (χ1) is 8.74. The zero-order valence-electron chi connectivity index (χ0n) is 9.48. The lowest BCUT2D eigenvalue weighted by molar-refractivity contribution is 0.627. The summed E-state index contributed by atoms with van der Waals surface area (Å²) in [5.74, 6) is -0.241. The van der Waals surface area contributed by atoms with Crippen LogP contribution >= 0.6 is 12.2 Å². The van der Waals surface area contributed by atoms with Crippen molar-refractivity contribution in [2.75, 3.05) is 5.32 Å². The number of halogens is 1. The number of benzene rings is 2. The minimum atomic E-state index is -0.241. The van der Waals surface area contributed by atoms with Crippen LogP contribution in [0.3, 0.4) is 0 Å². The van der Waals surface area contributed by atoms with Gasteiger partial charge in [0.2, 0.25) is 0 Å². The molecule has 0 saturated heterocycles. The summed E-state index contributed by atoms with van der Waals surface area (Å²) in [7, 11) is 0. The number of hydrogen-bond acceptors (Lipinski definition) is 1. The van der Waals surface area contributed by atoms with Gasteiger partial charge in [0.1, 0.15) is 10.8 Å². The largest absolute Gasteiger partial charge is 0.346 e. The van der Waals surface area contributed by atoms with Gasteiger partial charge in [-0.3, -0.25) is 0 Å². The standard InChI is InChI=1S/C15H10FNS/c16-11-5-3-4-10(8-11)9-13-12-6-1-2-7-14(12)17-15(13)18/h1-9H,(H,17,18)/b13-9-. The summed E-state index contributed by atoms with van der Waals surface area (Å²) >= 11 is 5.30. The molecule has 0 amide bonds. The van der Waals surface area contributed by atoms with Gasteiger partial charge >= 0.3 is 0 Å². The van der Waals surface area contributed by atoms with Crippen molar-refractivity contribution in [1.82, 2.24) is 0 Å². The highest BCUT2D eigenvalue weighted by Gasteiger charge is 2.19.